The van der Waals surface area contributed by atoms with Gasteiger partial charge in [0.05, 0.1) is 12.6 Å². The molecular weight excluding hydrogens is 254 g/mol. The molecule has 2 rings (SSSR count). The van der Waals surface area contributed by atoms with Gasteiger partial charge in [0.2, 0.25) is 5.91 Å². The summed E-state index contributed by atoms with van der Waals surface area (Å²) in [5.74, 6) is -0.0903. The van der Waals surface area contributed by atoms with Crippen LogP contribution in [0.4, 0.5) is 11.4 Å². The van der Waals surface area contributed by atoms with Crippen molar-refractivity contribution in [1.82, 2.24) is 10.2 Å². The highest BCUT2D eigenvalue weighted by Crippen LogP contribution is 2.17. The molecule has 106 valence electrons. The first kappa shape index (κ1) is 14.2. The van der Waals surface area contributed by atoms with Crippen LogP contribution in [-0.2, 0) is 4.79 Å². The van der Waals surface area contributed by atoms with E-state index in [0.717, 1.165) is 37.6 Å². The van der Waals surface area contributed by atoms with Gasteiger partial charge >= 0.3 is 0 Å². The predicted octanol–water partition coefficient (Wildman–Crippen LogP) is 0.0306. The number of hydrogen-bond donors (Lipinski definition) is 2. The number of amides is 1. The Morgan fingerprint density at radius 2 is 1.90 bits per heavy atom. The number of rotatable bonds is 4. The molecule has 1 fully saturated rings. The van der Waals surface area contributed by atoms with Crippen molar-refractivity contribution >= 4 is 17.3 Å². The molecule has 6 nitrogen and oxygen atoms in total. The summed E-state index contributed by atoms with van der Waals surface area (Å²) in [6.45, 7) is 3.88. The minimum atomic E-state index is -0.0903. The normalized spacial score (nSPS) is 15.7. The van der Waals surface area contributed by atoms with Gasteiger partial charge in [0.1, 0.15) is 6.54 Å². The van der Waals surface area contributed by atoms with Gasteiger partial charge in [0.15, 0.2) is 0 Å². The standard InChI is InChI=1S/C14H19N5O/c15-5-6-17-14(20)11-18-7-9-19(10-8-18)13-3-1-12(16)2-4-13/h1-4H,6-11,16H2,(H,17,20). The van der Waals surface area contributed by atoms with E-state index in [1.165, 1.54) is 0 Å². The van der Waals surface area contributed by atoms with Crippen molar-refractivity contribution in [1.29, 1.82) is 5.26 Å². The van der Waals surface area contributed by atoms with Crippen molar-refractivity contribution in [2.24, 2.45) is 0 Å². The highest BCUT2D eigenvalue weighted by Gasteiger charge is 2.18. The van der Waals surface area contributed by atoms with Crippen molar-refractivity contribution in [2.45, 2.75) is 0 Å². The molecule has 1 aromatic rings. The van der Waals surface area contributed by atoms with E-state index in [1.54, 1.807) is 0 Å². The van der Waals surface area contributed by atoms with Crippen LogP contribution in [-0.4, -0.2) is 50.1 Å². The summed E-state index contributed by atoms with van der Waals surface area (Å²) in [4.78, 5) is 15.9. The van der Waals surface area contributed by atoms with Crippen LogP contribution in [0.3, 0.4) is 0 Å². The average Bonchev–Trinajstić information content (AvgIpc) is 2.47. The molecule has 0 bridgehead atoms. The average molecular weight is 273 g/mol. The fraction of sp³-hybridized carbons (Fsp3) is 0.429. The van der Waals surface area contributed by atoms with Gasteiger partial charge in [-0.2, -0.15) is 5.26 Å². The van der Waals surface area contributed by atoms with Gasteiger partial charge in [-0.1, -0.05) is 0 Å². The van der Waals surface area contributed by atoms with E-state index in [1.807, 2.05) is 30.3 Å². The van der Waals surface area contributed by atoms with Gasteiger partial charge < -0.3 is 16.0 Å². The number of nitrogen functional groups attached to an aromatic ring is 1. The number of nitrogens with zero attached hydrogens (tertiary/aromatic N) is 3. The molecule has 20 heavy (non-hydrogen) atoms. The van der Waals surface area contributed by atoms with Crippen molar-refractivity contribution in [3.05, 3.63) is 24.3 Å². The highest BCUT2D eigenvalue weighted by atomic mass is 16.2. The number of nitrogens with two attached hydrogens (primary N) is 1. The summed E-state index contributed by atoms with van der Waals surface area (Å²) in [5.41, 5.74) is 7.60. The van der Waals surface area contributed by atoms with Crippen LogP contribution in [0, 0.1) is 11.3 Å². The molecule has 0 aliphatic carbocycles. The first-order valence-corrected chi connectivity index (χ1v) is 6.65. The summed E-state index contributed by atoms with van der Waals surface area (Å²) in [6.07, 6.45) is 0. The van der Waals surface area contributed by atoms with Crippen molar-refractivity contribution in [3.8, 4) is 6.07 Å². The van der Waals surface area contributed by atoms with E-state index >= 15 is 0 Å². The molecule has 0 spiro atoms. The second-order valence-corrected chi connectivity index (χ2v) is 4.79. The largest absolute Gasteiger partial charge is 0.399 e. The summed E-state index contributed by atoms with van der Waals surface area (Å²) >= 11 is 0. The third kappa shape index (κ3) is 3.87. The molecule has 1 heterocycles. The fourth-order valence-corrected chi connectivity index (χ4v) is 2.25. The summed E-state index contributed by atoms with van der Waals surface area (Å²) in [7, 11) is 0. The van der Waals surface area contributed by atoms with Crippen LogP contribution in [0.2, 0.25) is 0 Å². The lowest BCUT2D eigenvalue weighted by Gasteiger charge is -2.35. The molecule has 1 aromatic carbocycles. The third-order valence-electron chi connectivity index (χ3n) is 3.36. The second kappa shape index (κ2) is 6.78. The number of piperazine rings is 1. The Morgan fingerprint density at radius 1 is 1.25 bits per heavy atom. The van der Waals surface area contributed by atoms with Gasteiger partial charge in [-0.3, -0.25) is 9.69 Å². The summed E-state index contributed by atoms with van der Waals surface area (Å²) in [6, 6.07) is 9.74. The molecule has 0 saturated carbocycles. The Labute approximate surface area is 118 Å². The molecule has 1 aliphatic heterocycles. The lowest BCUT2D eigenvalue weighted by molar-refractivity contribution is -0.122. The van der Waals surface area contributed by atoms with E-state index < -0.39 is 0 Å². The molecule has 0 aromatic heterocycles. The number of nitrogens with one attached hydrogen (secondary N) is 1. The molecular formula is C14H19N5O. The zero-order chi connectivity index (χ0) is 14.4. The van der Waals surface area contributed by atoms with E-state index in [4.69, 9.17) is 11.0 Å². The number of carbonyl (C=O) groups excluding carboxylic acids is 1. The molecule has 6 heteroatoms. The van der Waals surface area contributed by atoms with E-state index in [9.17, 15) is 4.79 Å². The lowest BCUT2D eigenvalue weighted by Crippen LogP contribution is -2.49. The van der Waals surface area contributed by atoms with Crippen molar-refractivity contribution in [2.75, 3.05) is 49.9 Å². The molecule has 0 unspecified atom stereocenters. The van der Waals surface area contributed by atoms with Crippen LogP contribution in [0.1, 0.15) is 0 Å². The summed E-state index contributed by atoms with van der Waals surface area (Å²) < 4.78 is 0. The molecule has 0 atom stereocenters. The topological polar surface area (TPSA) is 85.4 Å². The Kier molecular flexibility index (Phi) is 4.80. The van der Waals surface area contributed by atoms with Crippen LogP contribution in [0.25, 0.3) is 0 Å². The number of nitriles is 1. The van der Waals surface area contributed by atoms with Crippen LogP contribution < -0.4 is 16.0 Å². The van der Waals surface area contributed by atoms with Crippen LogP contribution in [0.15, 0.2) is 24.3 Å². The quantitative estimate of drug-likeness (QED) is 0.597. The van der Waals surface area contributed by atoms with E-state index in [-0.39, 0.29) is 12.5 Å². The van der Waals surface area contributed by atoms with Gasteiger partial charge in [-0.15, -0.1) is 0 Å². The van der Waals surface area contributed by atoms with Crippen LogP contribution in [0.5, 0.6) is 0 Å². The van der Waals surface area contributed by atoms with E-state index in [0.29, 0.717) is 6.54 Å². The number of hydrogen-bond acceptors (Lipinski definition) is 5. The third-order valence-corrected chi connectivity index (χ3v) is 3.36. The Balaban J connectivity index is 1.79. The molecule has 3 N–H and O–H groups in total. The predicted molar refractivity (Wildman–Crippen MR) is 78.1 cm³/mol. The Bertz CT molecular complexity index is 485. The van der Waals surface area contributed by atoms with E-state index in [2.05, 4.69) is 15.1 Å². The van der Waals surface area contributed by atoms with Gasteiger partial charge in [0.25, 0.3) is 0 Å². The van der Waals surface area contributed by atoms with Crippen molar-refractivity contribution in [3.63, 3.8) is 0 Å². The molecule has 1 amide bonds. The highest BCUT2D eigenvalue weighted by molar-refractivity contribution is 5.78. The zero-order valence-electron chi connectivity index (χ0n) is 11.4. The minimum absolute atomic E-state index is 0.0736. The number of anilines is 2. The monoisotopic (exact) mass is 273 g/mol. The first-order chi connectivity index (χ1) is 9.69. The smallest absolute Gasteiger partial charge is 0.235 e. The molecule has 1 aliphatic rings. The zero-order valence-corrected chi connectivity index (χ0v) is 11.4. The maximum atomic E-state index is 11.5. The second-order valence-electron chi connectivity index (χ2n) is 4.79. The van der Waals surface area contributed by atoms with Gasteiger partial charge in [0, 0.05) is 37.6 Å². The van der Waals surface area contributed by atoms with Crippen LogP contribution >= 0.6 is 0 Å². The molecule has 0 radical (unpaired) electrons. The Morgan fingerprint density at radius 3 is 2.50 bits per heavy atom. The summed E-state index contributed by atoms with van der Waals surface area (Å²) in [5, 5.41) is 11.0. The number of benzene rings is 1. The fourth-order valence-electron chi connectivity index (χ4n) is 2.25. The lowest BCUT2D eigenvalue weighted by atomic mass is 10.2. The van der Waals surface area contributed by atoms with Gasteiger partial charge in [-0.25, -0.2) is 0 Å². The number of carbonyl (C=O) groups is 1. The minimum Gasteiger partial charge on any atom is -0.399 e. The van der Waals surface area contributed by atoms with Crippen molar-refractivity contribution < 1.29 is 4.79 Å². The molecule has 1 saturated heterocycles. The first-order valence-electron chi connectivity index (χ1n) is 6.65. The maximum Gasteiger partial charge on any atom is 0.235 e. The van der Waals surface area contributed by atoms with Gasteiger partial charge in [-0.05, 0) is 24.3 Å². The Hall–Kier alpha value is -2.26. The SMILES string of the molecule is N#CCNC(=O)CN1CCN(c2ccc(N)cc2)CC1. The maximum absolute atomic E-state index is 11.5.